The van der Waals surface area contributed by atoms with Gasteiger partial charge < -0.3 is 10.0 Å². The van der Waals surface area contributed by atoms with Crippen molar-refractivity contribution in [3.63, 3.8) is 0 Å². The van der Waals surface area contributed by atoms with E-state index in [2.05, 4.69) is 4.90 Å². The van der Waals surface area contributed by atoms with Gasteiger partial charge in [-0.2, -0.15) is 0 Å². The first-order valence-corrected chi connectivity index (χ1v) is 7.60. The Morgan fingerprint density at radius 2 is 1.50 bits per heavy atom. The third-order valence-electron chi connectivity index (χ3n) is 5.57. The molecule has 0 aromatic heterocycles. The predicted molar refractivity (Wildman–Crippen MR) is 70.5 cm³/mol. The molecule has 1 spiro atoms. The Bertz CT molecular complexity index is 319. The van der Waals surface area contributed by atoms with Crippen LogP contribution < -0.4 is 0 Å². The van der Waals surface area contributed by atoms with Crippen molar-refractivity contribution >= 4 is 5.97 Å². The highest BCUT2D eigenvalue weighted by Gasteiger charge is 2.49. The molecule has 0 amide bonds. The quantitative estimate of drug-likeness (QED) is 0.838. The van der Waals surface area contributed by atoms with E-state index in [9.17, 15) is 9.90 Å². The minimum absolute atomic E-state index is 0.418. The van der Waals surface area contributed by atoms with Crippen LogP contribution in [0.15, 0.2) is 0 Å². The van der Waals surface area contributed by atoms with Gasteiger partial charge in [0.05, 0.1) is 5.41 Å². The van der Waals surface area contributed by atoms with Crippen LogP contribution in [0.1, 0.15) is 57.8 Å². The van der Waals surface area contributed by atoms with Crippen LogP contribution in [0.2, 0.25) is 0 Å². The van der Waals surface area contributed by atoms with Gasteiger partial charge in [-0.3, -0.25) is 4.79 Å². The summed E-state index contributed by atoms with van der Waals surface area (Å²) in [4.78, 5) is 14.1. The smallest absolute Gasteiger partial charge is 0.310 e. The van der Waals surface area contributed by atoms with E-state index >= 15 is 0 Å². The number of rotatable bonds is 3. The molecule has 2 aliphatic carbocycles. The fourth-order valence-corrected chi connectivity index (χ4v) is 4.55. The van der Waals surface area contributed by atoms with Crippen LogP contribution >= 0.6 is 0 Å². The molecule has 3 heteroatoms. The van der Waals surface area contributed by atoms with E-state index < -0.39 is 11.4 Å². The molecule has 0 bridgehead atoms. The lowest BCUT2D eigenvalue weighted by molar-refractivity contribution is -0.155. The minimum atomic E-state index is -0.547. The summed E-state index contributed by atoms with van der Waals surface area (Å²) in [5.74, 6) is -0.547. The van der Waals surface area contributed by atoms with E-state index in [-0.39, 0.29) is 0 Å². The molecule has 3 aliphatic rings. The number of hydrogen-bond donors (Lipinski definition) is 1. The first-order valence-electron chi connectivity index (χ1n) is 7.60. The van der Waals surface area contributed by atoms with Gasteiger partial charge in [-0.15, -0.1) is 0 Å². The maximum absolute atomic E-state index is 11.6. The molecule has 18 heavy (non-hydrogen) atoms. The number of likely N-dealkylation sites (tertiary alicyclic amines) is 1. The standard InChI is InChI=1S/C15H25NO2/c17-13(18)15(8-2-1-3-9-15)12-16-10-14(11-16)6-4-5-7-14/h1-12H2,(H,17,18). The zero-order chi connectivity index (χ0) is 12.6. The molecule has 0 aromatic carbocycles. The summed E-state index contributed by atoms with van der Waals surface area (Å²) in [6.45, 7) is 3.15. The molecule has 0 atom stereocenters. The molecule has 1 heterocycles. The average Bonchev–Trinajstić information content (AvgIpc) is 2.79. The Morgan fingerprint density at radius 3 is 2.06 bits per heavy atom. The van der Waals surface area contributed by atoms with Crippen LogP contribution in [0, 0.1) is 10.8 Å². The average molecular weight is 251 g/mol. The molecule has 1 saturated heterocycles. The van der Waals surface area contributed by atoms with Crippen LogP contribution in [-0.2, 0) is 4.79 Å². The molecule has 1 aliphatic heterocycles. The summed E-state index contributed by atoms with van der Waals surface area (Å²) in [6.07, 6.45) is 10.7. The van der Waals surface area contributed by atoms with Crippen LogP contribution in [0.3, 0.4) is 0 Å². The second kappa shape index (κ2) is 4.52. The number of carboxylic acid groups (broad SMARTS) is 1. The van der Waals surface area contributed by atoms with Crippen molar-refractivity contribution in [2.24, 2.45) is 10.8 Å². The lowest BCUT2D eigenvalue weighted by Gasteiger charge is -2.51. The number of carbonyl (C=O) groups is 1. The van der Waals surface area contributed by atoms with Gasteiger partial charge in [-0.1, -0.05) is 32.1 Å². The highest BCUT2D eigenvalue weighted by atomic mass is 16.4. The van der Waals surface area contributed by atoms with E-state index in [0.29, 0.717) is 5.41 Å². The Kier molecular flexibility index (Phi) is 3.13. The van der Waals surface area contributed by atoms with E-state index in [4.69, 9.17) is 0 Å². The summed E-state index contributed by atoms with van der Waals surface area (Å²) in [6, 6.07) is 0. The van der Waals surface area contributed by atoms with Crippen molar-refractivity contribution in [1.82, 2.24) is 4.90 Å². The number of carboxylic acids is 1. The second-order valence-electron chi connectivity index (χ2n) is 7.00. The van der Waals surface area contributed by atoms with Crippen molar-refractivity contribution in [3.05, 3.63) is 0 Å². The third-order valence-corrected chi connectivity index (χ3v) is 5.57. The molecule has 3 nitrogen and oxygen atoms in total. The molecule has 1 N–H and O–H groups in total. The predicted octanol–water partition coefficient (Wildman–Crippen LogP) is 2.90. The van der Waals surface area contributed by atoms with Crippen LogP contribution in [0.4, 0.5) is 0 Å². The Morgan fingerprint density at radius 1 is 0.944 bits per heavy atom. The molecule has 2 saturated carbocycles. The van der Waals surface area contributed by atoms with Crippen LogP contribution in [0.25, 0.3) is 0 Å². The second-order valence-corrected chi connectivity index (χ2v) is 7.00. The lowest BCUT2D eigenvalue weighted by Crippen LogP contribution is -2.59. The Balaban J connectivity index is 1.59. The minimum Gasteiger partial charge on any atom is -0.481 e. The van der Waals surface area contributed by atoms with Gasteiger partial charge in [0.1, 0.15) is 0 Å². The summed E-state index contributed by atoms with van der Waals surface area (Å²) in [7, 11) is 0. The molecule has 0 radical (unpaired) electrons. The highest BCUT2D eigenvalue weighted by Crippen LogP contribution is 2.47. The first kappa shape index (κ1) is 12.5. The van der Waals surface area contributed by atoms with E-state index in [1.165, 1.54) is 45.2 Å². The highest BCUT2D eigenvalue weighted by molar-refractivity contribution is 5.75. The van der Waals surface area contributed by atoms with Crippen molar-refractivity contribution in [1.29, 1.82) is 0 Å². The number of aliphatic carboxylic acids is 1. The van der Waals surface area contributed by atoms with Gasteiger partial charge in [0.25, 0.3) is 0 Å². The van der Waals surface area contributed by atoms with Crippen LogP contribution in [0.5, 0.6) is 0 Å². The molecule has 3 fully saturated rings. The van der Waals surface area contributed by atoms with E-state index in [0.717, 1.165) is 32.2 Å². The van der Waals surface area contributed by atoms with Gasteiger partial charge in [0, 0.05) is 19.6 Å². The molecular weight excluding hydrogens is 226 g/mol. The normalized spacial score (nSPS) is 30.2. The van der Waals surface area contributed by atoms with Gasteiger partial charge in [0.15, 0.2) is 0 Å². The number of hydrogen-bond acceptors (Lipinski definition) is 2. The third kappa shape index (κ3) is 2.07. The largest absolute Gasteiger partial charge is 0.481 e. The molecular formula is C15H25NO2. The maximum Gasteiger partial charge on any atom is 0.310 e. The number of nitrogens with zero attached hydrogens (tertiary/aromatic N) is 1. The summed E-state index contributed by atoms with van der Waals surface area (Å²) >= 11 is 0. The zero-order valence-electron chi connectivity index (χ0n) is 11.3. The topological polar surface area (TPSA) is 40.5 Å². The van der Waals surface area contributed by atoms with Gasteiger partial charge in [0.2, 0.25) is 0 Å². The van der Waals surface area contributed by atoms with Gasteiger partial charge in [-0.05, 0) is 31.1 Å². The summed E-state index contributed by atoms with van der Waals surface area (Å²) < 4.78 is 0. The van der Waals surface area contributed by atoms with Gasteiger partial charge in [-0.25, -0.2) is 0 Å². The maximum atomic E-state index is 11.6. The Labute approximate surface area is 110 Å². The SMILES string of the molecule is O=C(O)C1(CN2CC3(CCCC3)C2)CCCCC1. The summed E-state index contributed by atoms with van der Waals surface area (Å²) in [5, 5.41) is 9.59. The molecule has 3 rings (SSSR count). The van der Waals surface area contributed by atoms with E-state index in [1.807, 2.05) is 0 Å². The first-order chi connectivity index (χ1) is 8.64. The van der Waals surface area contributed by atoms with Gasteiger partial charge >= 0.3 is 5.97 Å². The molecule has 0 aromatic rings. The fourth-order valence-electron chi connectivity index (χ4n) is 4.55. The van der Waals surface area contributed by atoms with Crippen molar-refractivity contribution in [2.45, 2.75) is 57.8 Å². The van der Waals surface area contributed by atoms with Crippen LogP contribution in [-0.4, -0.2) is 35.6 Å². The van der Waals surface area contributed by atoms with E-state index in [1.54, 1.807) is 0 Å². The molecule has 0 unspecified atom stereocenters. The summed E-state index contributed by atoms with van der Waals surface area (Å²) in [5.41, 5.74) is 0.173. The van der Waals surface area contributed by atoms with Crippen molar-refractivity contribution < 1.29 is 9.90 Å². The van der Waals surface area contributed by atoms with Crippen molar-refractivity contribution in [3.8, 4) is 0 Å². The fraction of sp³-hybridized carbons (Fsp3) is 0.933. The monoisotopic (exact) mass is 251 g/mol. The molecule has 102 valence electrons. The van der Waals surface area contributed by atoms with Crippen molar-refractivity contribution in [2.75, 3.05) is 19.6 Å². The lowest BCUT2D eigenvalue weighted by atomic mass is 9.71. The zero-order valence-corrected chi connectivity index (χ0v) is 11.3. The Hall–Kier alpha value is -0.570.